The van der Waals surface area contributed by atoms with Crippen LogP contribution in [-0.2, 0) is 4.84 Å². The summed E-state index contributed by atoms with van der Waals surface area (Å²) in [7, 11) is 1.49. The minimum absolute atomic E-state index is 0.0418. The minimum atomic E-state index is -0.708. The van der Waals surface area contributed by atoms with E-state index >= 15 is 0 Å². The van der Waals surface area contributed by atoms with Crippen molar-refractivity contribution in [2.45, 2.75) is 4.90 Å². The molecule has 0 saturated carbocycles. The third-order valence-corrected chi connectivity index (χ3v) is 4.35. The molecule has 0 aliphatic carbocycles. The molecule has 5 nitrogen and oxygen atoms in total. The molecule has 0 aliphatic rings. The molecule has 0 atom stereocenters. The second-order valence-corrected chi connectivity index (χ2v) is 6.27. The van der Waals surface area contributed by atoms with Gasteiger partial charge in [0.2, 0.25) is 0 Å². The second kappa shape index (κ2) is 8.28. The lowest BCUT2D eigenvalue weighted by molar-refractivity contribution is 0.0516. The van der Waals surface area contributed by atoms with Crippen LogP contribution in [0.15, 0.2) is 46.4 Å². The van der Waals surface area contributed by atoms with Crippen LogP contribution in [0.1, 0.15) is 15.9 Å². The van der Waals surface area contributed by atoms with E-state index in [2.05, 4.69) is 5.16 Å². The smallest absolute Gasteiger partial charge is 0.367 e. The molecular weight excluding hydrogens is 371 g/mol. The highest BCUT2D eigenvalue weighted by molar-refractivity contribution is 7.98. The number of ether oxygens (including phenoxy) is 1. The van der Waals surface area contributed by atoms with Gasteiger partial charge in [-0.2, -0.15) is 0 Å². The van der Waals surface area contributed by atoms with Crippen LogP contribution < -0.4 is 10.5 Å². The van der Waals surface area contributed by atoms with Crippen LogP contribution in [0.5, 0.6) is 5.75 Å². The molecule has 0 amide bonds. The van der Waals surface area contributed by atoms with E-state index in [0.29, 0.717) is 16.3 Å². The SMILES string of the molecule is COc1ccc(Cl)cc1/C(N)=N/OC(=O)c1cc(SC)ccc1Cl. The lowest BCUT2D eigenvalue weighted by Gasteiger charge is -2.08. The molecule has 0 unspecified atom stereocenters. The van der Waals surface area contributed by atoms with Gasteiger partial charge in [-0.25, -0.2) is 4.79 Å². The quantitative estimate of drug-likeness (QED) is 0.275. The molecule has 2 aromatic carbocycles. The molecule has 0 bridgehead atoms. The Labute approximate surface area is 153 Å². The number of nitrogens with zero attached hydrogens (tertiary/aromatic N) is 1. The van der Waals surface area contributed by atoms with Crippen LogP contribution in [0, 0.1) is 0 Å². The number of oxime groups is 1. The summed E-state index contributed by atoms with van der Waals surface area (Å²) < 4.78 is 5.18. The van der Waals surface area contributed by atoms with Gasteiger partial charge in [0.05, 0.1) is 23.3 Å². The maximum Gasteiger partial charge on any atom is 0.367 e. The zero-order valence-electron chi connectivity index (χ0n) is 12.9. The lowest BCUT2D eigenvalue weighted by Crippen LogP contribution is -2.16. The van der Waals surface area contributed by atoms with Gasteiger partial charge >= 0.3 is 5.97 Å². The number of carbonyl (C=O) groups is 1. The topological polar surface area (TPSA) is 73.9 Å². The van der Waals surface area contributed by atoms with E-state index in [1.54, 1.807) is 36.4 Å². The number of nitrogens with two attached hydrogens (primary N) is 1. The maximum absolute atomic E-state index is 12.2. The third-order valence-electron chi connectivity index (χ3n) is 3.06. The summed E-state index contributed by atoms with van der Waals surface area (Å²) >= 11 is 13.4. The van der Waals surface area contributed by atoms with Crippen LogP contribution in [-0.4, -0.2) is 25.2 Å². The largest absolute Gasteiger partial charge is 0.496 e. The average Bonchev–Trinajstić information content (AvgIpc) is 2.59. The van der Waals surface area contributed by atoms with Gasteiger partial charge in [-0.3, -0.25) is 0 Å². The zero-order chi connectivity index (χ0) is 17.7. The molecule has 0 heterocycles. The summed E-state index contributed by atoms with van der Waals surface area (Å²) in [5.74, 6) is -0.293. The molecule has 0 spiro atoms. The van der Waals surface area contributed by atoms with Crippen molar-refractivity contribution < 1.29 is 14.4 Å². The number of rotatable bonds is 5. The van der Waals surface area contributed by atoms with Gasteiger partial charge in [-0.1, -0.05) is 28.4 Å². The fraction of sp³-hybridized carbons (Fsp3) is 0.125. The Bertz CT molecular complexity index is 797. The summed E-state index contributed by atoms with van der Waals surface area (Å²) in [6.07, 6.45) is 1.89. The zero-order valence-corrected chi connectivity index (χ0v) is 15.2. The van der Waals surface area contributed by atoms with Crippen molar-refractivity contribution in [1.82, 2.24) is 0 Å². The van der Waals surface area contributed by atoms with Gasteiger partial charge in [0.25, 0.3) is 0 Å². The van der Waals surface area contributed by atoms with Gasteiger partial charge in [0.15, 0.2) is 5.84 Å². The third kappa shape index (κ3) is 4.35. The summed E-state index contributed by atoms with van der Waals surface area (Å²) in [6.45, 7) is 0. The Morgan fingerprint density at radius 1 is 1.17 bits per heavy atom. The van der Waals surface area contributed by atoms with E-state index in [1.807, 2.05) is 6.26 Å². The predicted octanol–water partition coefficient (Wildman–Crippen LogP) is 4.20. The van der Waals surface area contributed by atoms with Crippen LogP contribution in [0.3, 0.4) is 0 Å². The number of amidine groups is 1. The molecule has 0 aromatic heterocycles. The van der Waals surface area contributed by atoms with Crippen LogP contribution in [0.4, 0.5) is 0 Å². The van der Waals surface area contributed by atoms with E-state index < -0.39 is 5.97 Å². The first kappa shape index (κ1) is 18.4. The molecule has 0 radical (unpaired) electrons. The molecule has 0 fully saturated rings. The maximum atomic E-state index is 12.2. The number of carbonyl (C=O) groups excluding carboxylic acids is 1. The van der Waals surface area contributed by atoms with Gasteiger partial charge < -0.3 is 15.3 Å². The number of benzene rings is 2. The number of hydrogen-bond donors (Lipinski definition) is 1. The monoisotopic (exact) mass is 384 g/mol. The summed E-state index contributed by atoms with van der Waals surface area (Å²) in [5, 5.41) is 4.38. The van der Waals surface area contributed by atoms with E-state index in [1.165, 1.54) is 18.9 Å². The van der Waals surface area contributed by atoms with Crippen LogP contribution >= 0.6 is 35.0 Å². The molecule has 2 rings (SSSR count). The minimum Gasteiger partial charge on any atom is -0.496 e. The first-order valence-corrected chi connectivity index (χ1v) is 8.66. The van der Waals surface area contributed by atoms with E-state index in [4.69, 9.17) is 38.5 Å². The van der Waals surface area contributed by atoms with E-state index in [9.17, 15) is 4.79 Å². The van der Waals surface area contributed by atoms with Gasteiger partial charge in [-0.05, 0) is 42.7 Å². The van der Waals surface area contributed by atoms with Crippen molar-refractivity contribution in [3.8, 4) is 5.75 Å². The Hall–Kier alpha value is -1.89. The molecule has 24 heavy (non-hydrogen) atoms. The number of hydrogen-bond acceptors (Lipinski definition) is 5. The molecule has 8 heteroatoms. The fourth-order valence-electron chi connectivity index (χ4n) is 1.86. The normalized spacial score (nSPS) is 11.2. The summed E-state index contributed by atoms with van der Waals surface area (Å²) in [4.78, 5) is 17.9. The number of thioether (sulfide) groups is 1. The Morgan fingerprint density at radius 2 is 1.92 bits per heavy atom. The van der Waals surface area contributed by atoms with Crippen molar-refractivity contribution in [2.75, 3.05) is 13.4 Å². The lowest BCUT2D eigenvalue weighted by atomic mass is 10.2. The van der Waals surface area contributed by atoms with Crippen LogP contribution in [0.25, 0.3) is 0 Å². The Balaban J connectivity index is 2.24. The molecule has 0 aliphatic heterocycles. The first-order chi connectivity index (χ1) is 11.5. The van der Waals surface area contributed by atoms with E-state index in [-0.39, 0.29) is 16.4 Å². The standard InChI is InChI=1S/C16H14Cl2N2O3S/c1-22-14-6-3-9(17)7-12(14)15(19)20-23-16(21)11-8-10(24-2)4-5-13(11)18/h3-8H,1-2H3,(H2,19,20). The number of halogens is 2. The van der Waals surface area contributed by atoms with Crippen molar-refractivity contribution >= 4 is 46.8 Å². The predicted molar refractivity (Wildman–Crippen MR) is 97.4 cm³/mol. The van der Waals surface area contributed by atoms with Gasteiger partial charge in [-0.15, -0.1) is 11.8 Å². The first-order valence-electron chi connectivity index (χ1n) is 6.68. The average molecular weight is 385 g/mol. The van der Waals surface area contributed by atoms with Gasteiger partial charge in [0.1, 0.15) is 5.75 Å². The molecule has 2 aromatic rings. The summed E-state index contributed by atoms with van der Waals surface area (Å²) in [6, 6.07) is 9.90. The molecule has 2 N–H and O–H groups in total. The van der Waals surface area contributed by atoms with Crippen molar-refractivity contribution in [3.05, 3.63) is 57.6 Å². The molecule has 126 valence electrons. The Morgan fingerprint density at radius 3 is 2.58 bits per heavy atom. The highest BCUT2D eigenvalue weighted by Gasteiger charge is 2.15. The highest BCUT2D eigenvalue weighted by Crippen LogP contribution is 2.25. The second-order valence-electron chi connectivity index (χ2n) is 4.55. The molecular formula is C16H14Cl2N2O3S. The van der Waals surface area contributed by atoms with Gasteiger partial charge in [0, 0.05) is 9.92 Å². The fourth-order valence-corrected chi connectivity index (χ4v) is 2.66. The summed E-state index contributed by atoms with van der Waals surface area (Å²) in [5.41, 5.74) is 6.48. The van der Waals surface area contributed by atoms with Crippen molar-refractivity contribution in [3.63, 3.8) is 0 Å². The van der Waals surface area contributed by atoms with Crippen molar-refractivity contribution in [2.24, 2.45) is 10.9 Å². The highest BCUT2D eigenvalue weighted by atomic mass is 35.5. The Kier molecular flexibility index (Phi) is 6.36. The number of methoxy groups -OCH3 is 1. The van der Waals surface area contributed by atoms with Crippen LogP contribution in [0.2, 0.25) is 10.0 Å². The molecule has 0 saturated heterocycles. The van der Waals surface area contributed by atoms with E-state index in [0.717, 1.165) is 4.90 Å². The van der Waals surface area contributed by atoms with Crippen molar-refractivity contribution in [1.29, 1.82) is 0 Å².